The molecule has 0 bridgehead atoms. The zero-order valence-electron chi connectivity index (χ0n) is 21.5. The van der Waals surface area contributed by atoms with Crippen LogP contribution < -0.4 is 10.6 Å². The van der Waals surface area contributed by atoms with E-state index in [9.17, 15) is 14.4 Å². The largest absolute Gasteiger partial charge is 0.326 e. The summed E-state index contributed by atoms with van der Waals surface area (Å²) in [5, 5.41) is 6.38. The minimum atomic E-state index is -0.799. The van der Waals surface area contributed by atoms with Crippen LogP contribution in [0.5, 0.6) is 0 Å². The molecule has 2 aliphatic heterocycles. The zero-order valence-corrected chi connectivity index (χ0v) is 22.3. The Morgan fingerprint density at radius 2 is 1.74 bits per heavy atom. The average molecular weight is 529 g/mol. The van der Waals surface area contributed by atoms with Gasteiger partial charge in [0.05, 0.1) is 23.9 Å². The fraction of sp³-hybridized carbons (Fsp3) is 0.233. The normalized spacial score (nSPS) is 17.8. The van der Waals surface area contributed by atoms with Crippen LogP contribution in [0.1, 0.15) is 28.3 Å². The number of hydrogen-bond acceptors (Lipinski definition) is 3. The molecule has 194 valence electrons. The van der Waals surface area contributed by atoms with E-state index in [4.69, 9.17) is 11.6 Å². The van der Waals surface area contributed by atoms with Gasteiger partial charge < -0.3 is 15.5 Å². The summed E-state index contributed by atoms with van der Waals surface area (Å²) in [6.07, 6.45) is 0.325. The van der Waals surface area contributed by atoms with Crippen molar-refractivity contribution in [3.05, 3.63) is 111 Å². The minimum absolute atomic E-state index is 0.136. The summed E-state index contributed by atoms with van der Waals surface area (Å²) in [6.45, 7) is 4.14. The summed E-state index contributed by atoms with van der Waals surface area (Å²) in [6, 6.07) is 20.7. The number of nitrogens with zero attached hydrogens (tertiary/aromatic N) is 2. The summed E-state index contributed by atoms with van der Waals surface area (Å²) in [7, 11) is 1.63. The van der Waals surface area contributed by atoms with Gasteiger partial charge in [-0.3, -0.25) is 14.5 Å². The highest BCUT2D eigenvalue weighted by molar-refractivity contribution is 6.31. The van der Waals surface area contributed by atoms with Gasteiger partial charge >= 0.3 is 6.03 Å². The molecule has 0 fully saturated rings. The first-order valence-electron chi connectivity index (χ1n) is 12.5. The molecular formula is C30H29ClN4O3. The number of aryl methyl sites for hydroxylation is 2. The van der Waals surface area contributed by atoms with Crippen LogP contribution in [0.2, 0.25) is 5.02 Å². The van der Waals surface area contributed by atoms with Crippen molar-refractivity contribution in [1.29, 1.82) is 0 Å². The van der Waals surface area contributed by atoms with Crippen LogP contribution in [-0.2, 0) is 16.0 Å². The second-order valence-electron chi connectivity index (χ2n) is 9.75. The van der Waals surface area contributed by atoms with E-state index in [-0.39, 0.29) is 24.4 Å². The molecule has 8 heteroatoms. The molecule has 4 amide bonds. The van der Waals surface area contributed by atoms with Gasteiger partial charge in [-0.15, -0.1) is 0 Å². The van der Waals surface area contributed by atoms with Gasteiger partial charge in [-0.2, -0.15) is 0 Å². The zero-order chi connectivity index (χ0) is 27.0. The van der Waals surface area contributed by atoms with Crippen molar-refractivity contribution >= 4 is 35.1 Å². The second kappa shape index (κ2) is 10.3. The Labute approximate surface area is 227 Å². The van der Waals surface area contributed by atoms with Gasteiger partial charge in [0.25, 0.3) is 5.91 Å². The van der Waals surface area contributed by atoms with Gasteiger partial charge in [-0.05, 0) is 54.3 Å². The molecule has 2 heterocycles. The fourth-order valence-electron chi connectivity index (χ4n) is 5.01. The van der Waals surface area contributed by atoms with E-state index in [2.05, 4.69) is 10.6 Å². The monoisotopic (exact) mass is 528 g/mol. The van der Waals surface area contributed by atoms with Crippen molar-refractivity contribution < 1.29 is 14.4 Å². The molecule has 3 aromatic rings. The van der Waals surface area contributed by atoms with E-state index in [0.29, 0.717) is 34.0 Å². The molecule has 38 heavy (non-hydrogen) atoms. The summed E-state index contributed by atoms with van der Waals surface area (Å²) in [4.78, 5) is 43.7. The first kappa shape index (κ1) is 25.5. The number of nitrogens with one attached hydrogen (secondary N) is 2. The van der Waals surface area contributed by atoms with E-state index in [1.165, 1.54) is 4.90 Å². The van der Waals surface area contributed by atoms with Crippen molar-refractivity contribution in [2.45, 2.75) is 32.4 Å². The number of carbonyl (C=O) groups excluding carboxylic acids is 3. The smallest absolute Gasteiger partial charge is 0.322 e. The van der Waals surface area contributed by atoms with Gasteiger partial charge in [0.2, 0.25) is 5.91 Å². The fourth-order valence-corrected chi connectivity index (χ4v) is 5.25. The Kier molecular flexibility index (Phi) is 6.95. The lowest BCUT2D eigenvalue weighted by Gasteiger charge is -2.31. The number of urea groups is 1. The highest BCUT2D eigenvalue weighted by atomic mass is 35.5. The highest BCUT2D eigenvalue weighted by Gasteiger charge is 2.46. The van der Waals surface area contributed by atoms with Gasteiger partial charge in [-0.25, -0.2) is 4.79 Å². The molecule has 0 aliphatic carbocycles. The van der Waals surface area contributed by atoms with Crippen LogP contribution in [0.15, 0.2) is 84.1 Å². The minimum Gasteiger partial charge on any atom is -0.326 e. The maximum atomic E-state index is 14.0. The Bertz CT molecular complexity index is 1450. The molecule has 2 aliphatic rings. The molecule has 2 atom stereocenters. The lowest BCUT2D eigenvalue weighted by molar-refractivity contribution is -0.134. The summed E-state index contributed by atoms with van der Waals surface area (Å²) < 4.78 is 0. The number of benzene rings is 3. The SMILES string of the molecule is Cc1ccc(NC(=O)[C@H](Cc2ccccc2)N2CC3=C(C2=O)[C@@H](c2ccccc2Cl)NC(=O)N3C)cc1C. The molecule has 0 spiro atoms. The molecule has 0 unspecified atom stereocenters. The van der Waals surface area contributed by atoms with Crippen LogP contribution in [-0.4, -0.2) is 47.3 Å². The van der Waals surface area contributed by atoms with Crippen LogP contribution in [0.3, 0.4) is 0 Å². The number of likely N-dealkylation sites (N-methyl/N-ethyl adjacent to an activating group) is 1. The van der Waals surface area contributed by atoms with E-state index >= 15 is 0 Å². The second-order valence-corrected chi connectivity index (χ2v) is 10.2. The Balaban J connectivity index is 1.50. The van der Waals surface area contributed by atoms with Crippen molar-refractivity contribution in [1.82, 2.24) is 15.1 Å². The van der Waals surface area contributed by atoms with Crippen molar-refractivity contribution in [3.8, 4) is 0 Å². The molecule has 3 aromatic carbocycles. The van der Waals surface area contributed by atoms with Crippen molar-refractivity contribution in [2.24, 2.45) is 0 Å². The number of amides is 4. The third-order valence-electron chi connectivity index (χ3n) is 7.33. The molecule has 0 saturated carbocycles. The van der Waals surface area contributed by atoms with Crippen LogP contribution in [0.25, 0.3) is 0 Å². The van der Waals surface area contributed by atoms with Gasteiger partial charge in [-0.1, -0.05) is 66.2 Å². The van der Waals surface area contributed by atoms with E-state index in [1.807, 2.05) is 68.4 Å². The summed E-state index contributed by atoms with van der Waals surface area (Å²) >= 11 is 6.47. The summed E-state index contributed by atoms with van der Waals surface area (Å²) in [5.74, 6) is -0.588. The maximum absolute atomic E-state index is 14.0. The number of hydrogen-bond donors (Lipinski definition) is 2. The molecule has 5 rings (SSSR count). The molecular weight excluding hydrogens is 500 g/mol. The van der Waals surface area contributed by atoms with Crippen molar-refractivity contribution in [3.63, 3.8) is 0 Å². The first-order valence-corrected chi connectivity index (χ1v) is 12.9. The predicted molar refractivity (Wildman–Crippen MR) is 148 cm³/mol. The average Bonchev–Trinajstić information content (AvgIpc) is 3.25. The van der Waals surface area contributed by atoms with Crippen LogP contribution >= 0.6 is 11.6 Å². The van der Waals surface area contributed by atoms with E-state index < -0.39 is 12.1 Å². The third-order valence-corrected chi connectivity index (χ3v) is 7.67. The first-order chi connectivity index (χ1) is 18.2. The van der Waals surface area contributed by atoms with Gasteiger partial charge in [0.15, 0.2) is 0 Å². The Hall–Kier alpha value is -4.10. The van der Waals surface area contributed by atoms with Crippen LogP contribution in [0.4, 0.5) is 10.5 Å². The Morgan fingerprint density at radius 1 is 1.03 bits per heavy atom. The van der Waals surface area contributed by atoms with E-state index in [0.717, 1.165) is 16.7 Å². The molecule has 0 saturated heterocycles. The molecule has 7 nitrogen and oxygen atoms in total. The lowest BCUT2D eigenvalue weighted by Crippen LogP contribution is -2.47. The molecule has 0 aromatic heterocycles. The highest BCUT2D eigenvalue weighted by Crippen LogP contribution is 2.39. The molecule has 0 radical (unpaired) electrons. The van der Waals surface area contributed by atoms with Crippen LogP contribution in [0, 0.1) is 13.8 Å². The lowest BCUT2D eigenvalue weighted by atomic mass is 9.95. The quantitative estimate of drug-likeness (QED) is 0.472. The van der Waals surface area contributed by atoms with Gasteiger partial charge in [0, 0.05) is 24.2 Å². The summed E-state index contributed by atoms with van der Waals surface area (Å²) in [5.41, 5.74) is 5.42. The standard InChI is InChI=1S/C30H29ClN4O3/c1-18-13-14-21(15-19(18)2)32-28(36)24(16-20-9-5-4-6-10-20)35-17-25-26(29(35)37)27(33-30(38)34(25)3)22-11-7-8-12-23(22)31/h4-15,24,27H,16-17H2,1-3H3,(H,32,36)(H,33,38)/t24-,27+/m0/s1. The Morgan fingerprint density at radius 3 is 2.45 bits per heavy atom. The number of halogens is 1. The predicted octanol–water partition coefficient (Wildman–Crippen LogP) is 5.00. The maximum Gasteiger partial charge on any atom is 0.322 e. The number of carbonyl (C=O) groups is 3. The molecule has 2 N–H and O–H groups in total. The van der Waals surface area contributed by atoms with E-state index in [1.54, 1.807) is 30.1 Å². The number of anilines is 1. The van der Waals surface area contributed by atoms with Crippen molar-refractivity contribution in [2.75, 3.05) is 18.9 Å². The van der Waals surface area contributed by atoms with Gasteiger partial charge in [0.1, 0.15) is 6.04 Å². The number of rotatable bonds is 6. The topological polar surface area (TPSA) is 81.8 Å². The third kappa shape index (κ3) is 4.77.